The normalized spacial score (nSPS) is 10.2. The van der Waals surface area contributed by atoms with E-state index >= 15 is 0 Å². The number of carbonyl (C=O) groups excluding carboxylic acids is 1. The molecule has 0 aliphatic carbocycles. The Morgan fingerprint density at radius 1 is 1.06 bits per heavy atom. The maximum Gasteiger partial charge on any atom is 0.196 e. The fraction of sp³-hybridized carbons (Fsp3) is 0.0714. The maximum atomic E-state index is 12.1. The van der Waals surface area contributed by atoms with Crippen LogP contribution in [-0.2, 0) is 0 Å². The molecule has 3 heteroatoms. The summed E-state index contributed by atoms with van der Waals surface area (Å²) in [4.78, 5) is 12.1. The highest BCUT2D eigenvalue weighted by Crippen LogP contribution is 2.25. The number of benzene rings is 2. The Kier molecular flexibility index (Phi) is 2.83. The molecule has 0 aromatic heterocycles. The second-order valence-corrected chi connectivity index (χ2v) is 3.90. The lowest BCUT2D eigenvalue weighted by molar-refractivity contribution is 0.103. The van der Waals surface area contributed by atoms with Crippen LogP contribution in [0.4, 0.5) is 0 Å². The molecule has 0 heterocycles. The third-order valence-electron chi connectivity index (χ3n) is 2.51. The minimum absolute atomic E-state index is 0.0664. The number of rotatable bonds is 2. The van der Waals surface area contributed by atoms with Gasteiger partial charge in [-0.05, 0) is 25.1 Å². The SMILES string of the molecule is Cc1cccc(C(=O)c2ccc(O)cc2O)c1. The standard InChI is InChI=1S/C14H12O3/c1-9-3-2-4-10(7-9)14(17)12-6-5-11(15)8-13(12)16/h2-8,15-16H,1H3. The number of ketones is 1. The van der Waals surface area contributed by atoms with Gasteiger partial charge in [-0.1, -0.05) is 23.8 Å². The largest absolute Gasteiger partial charge is 0.508 e. The molecule has 0 saturated heterocycles. The lowest BCUT2D eigenvalue weighted by Crippen LogP contribution is -2.01. The highest BCUT2D eigenvalue weighted by Gasteiger charge is 2.13. The van der Waals surface area contributed by atoms with Crippen LogP contribution >= 0.6 is 0 Å². The second-order valence-electron chi connectivity index (χ2n) is 3.90. The Bertz CT molecular complexity index is 573. The van der Waals surface area contributed by atoms with Crippen molar-refractivity contribution >= 4 is 5.78 Å². The minimum Gasteiger partial charge on any atom is -0.508 e. The summed E-state index contributed by atoms with van der Waals surface area (Å²) >= 11 is 0. The van der Waals surface area contributed by atoms with Crippen molar-refractivity contribution in [2.45, 2.75) is 6.92 Å². The molecular weight excluding hydrogens is 216 g/mol. The zero-order valence-electron chi connectivity index (χ0n) is 9.34. The Morgan fingerprint density at radius 2 is 1.82 bits per heavy atom. The molecule has 3 nitrogen and oxygen atoms in total. The molecule has 2 aromatic carbocycles. The van der Waals surface area contributed by atoms with E-state index in [-0.39, 0.29) is 22.8 Å². The van der Waals surface area contributed by atoms with E-state index in [1.807, 2.05) is 13.0 Å². The van der Waals surface area contributed by atoms with E-state index in [0.29, 0.717) is 5.56 Å². The van der Waals surface area contributed by atoms with Crippen molar-refractivity contribution in [2.24, 2.45) is 0 Å². The van der Waals surface area contributed by atoms with Crippen LogP contribution in [0.1, 0.15) is 21.5 Å². The summed E-state index contributed by atoms with van der Waals surface area (Å²) in [6.45, 7) is 1.90. The first-order valence-electron chi connectivity index (χ1n) is 5.21. The highest BCUT2D eigenvalue weighted by molar-refractivity contribution is 6.10. The molecule has 0 radical (unpaired) electrons. The number of phenolic OH excluding ortho intramolecular Hbond substituents is 2. The van der Waals surface area contributed by atoms with Crippen LogP contribution in [0.25, 0.3) is 0 Å². The van der Waals surface area contributed by atoms with Gasteiger partial charge in [0, 0.05) is 11.6 Å². The van der Waals surface area contributed by atoms with Gasteiger partial charge in [0.15, 0.2) is 5.78 Å². The molecule has 2 aromatic rings. The van der Waals surface area contributed by atoms with Crippen LogP contribution in [0.5, 0.6) is 11.5 Å². The fourth-order valence-electron chi connectivity index (χ4n) is 1.65. The predicted molar refractivity (Wildman–Crippen MR) is 64.4 cm³/mol. The van der Waals surface area contributed by atoms with E-state index in [9.17, 15) is 9.90 Å². The first kappa shape index (κ1) is 11.2. The van der Waals surface area contributed by atoms with Gasteiger partial charge in [-0.15, -0.1) is 0 Å². The van der Waals surface area contributed by atoms with Crippen molar-refractivity contribution in [3.63, 3.8) is 0 Å². The van der Waals surface area contributed by atoms with Crippen LogP contribution in [0.15, 0.2) is 42.5 Å². The van der Waals surface area contributed by atoms with Crippen molar-refractivity contribution in [3.8, 4) is 11.5 Å². The fourth-order valence-corrected chi connectivity index (χ4v) is 1.65. The number of hydrogen-bond donors (Lipinski definition) is 2. The third kappa shape index (κ3) is 2.28. The quantitative estimate of drug-likeness (QED) is 0.777. The third-order valence-corrected chi connectivity index (χ3v) is 2.51. The summed E-state index contributed by atoms with van der Waals surface area (Å²) in [5, 5.41) is 18.8. The molecule has 86 valence electrons. The van der Waals surface area contributed by atoms with E-state index in [1.54, 1.807) is 18.2 Å². The zero-order chi connectivity index (χ0) is 12.4. The Hall–Kier alpha value is -2.29. The lowest BCUT2D eigenvalue weighted by Gasteiger charge is -2.05. The molecule has 0 amide bonds. The number of hydrogen-bond acceptors (Lipinski definition) is 3. The summed E-state index contributed by atoms with van der Waals surface area (Å²) in [6.07, 6.45) is 0. The van der Waals surface area contributed by atoms with Crippen LogP contribution in [0.3, 0.4) is 0 Å². The summed E-state index contributed by atoms with van der Waals surface area (Å²) in [5.41, 5.74) is 1.69. The molecule has 0 aliphatic rings. The Morgan fingerprint density at radius 3 is 2.47 bits per heavy atom. The first-order chi connectivity index (χ1) is 8.08. The molecule has 0 spiro atoms. The van der Waals surface area contributed by atoms with E-state index in [1.165, 1.54) is 12.1 Å². The van der Waals surface area contributed by atoms with Crippen molar-refractivity contribution in [3.05, 3.63) is 59.2 Å². The zero-order valence-corrected chi connectivity index (χ0v) is 9.34. The second kappa shape index (κ2) is 4.29. The minimum atomic E-state index is -0.258. The van der Waals surface area contributed by atoms with Gasteiger partial charge in [-0.25, -0.2) is 0 Å². The summed E-state index contributed by atoms with van der Waals surface area (Å²) in [5.74, 6) is -0.536. The molecule has 0 atom stereocenters. The van der Waals surface area contributed by atoms with Crippen LogP contribution in [0.2, 0.25) is 0 Å². The molecule has 0 unspecified atom stereocenters. The highest BCUT2D eigenvalue weighted by atomic mass is 16.3. The van der Waals surface area contributed by atoms with Crippen molar-refractivity contribution in [1.29, 1.82) is 0 Å². The molecular formula is C14H12O3. The van der Waals surface area contributed by atoms with Crippen LogP contribution in [-0.4, -0.2) is 16.0 Å². The monoisotopic (exact) mass is 228 g/mol. The van der Waals surface area contributed by atoms with Crippen LogP contribution < -0.4 is 0 Å². The molecule has 0 bridgehead atoms. The van der Waals surface area contributed by atoms with Crippen molar-refractivity contribution in [2.75, 3.05) is 0 Å². The summed E-state index contributed by atoms with van der Waals surface area (Å²) < 4.78 is 0. The molecule has 2 rings (SSSR count). The number of carbonyl (C=O) groups is 1. The van der Waals surface area contributed by atoms with E-state index in [0.717, 1.165) is 11.6 Å². The molecule has 0 fully saturated rings. The number of phenols is 2. The molecule has 0 saturated carbocycles. The predicted octanol–water partition coefficient (Wildman–Crippen LogP) is 2.64. The van der Waals surface area contributed by atoms with Gasteiger partial charge >= 0.3 is 0 Å². The maximum absolute atomic E-state index is 12.1. The average Bonchev–Trinajstić information content (AvgIpc) is 2.28. The van der Waals surface area contributed by atoms with Crippen molar-refractivity contribution < 1.29 is 15.0 Å². The van der Waals surface area contributed by atoms with Gasteiger partial charge in [-0.3, -0.25) is 4.79 Å². The van der Waals surface area contributed by atoms with Gasteiger partial charge in [0.25, 0.3) is 0 Å². The van der Waals surface area contributed by atoms with E-state index < -0.39 is 0 Å². The number of aromatic hydroxyl groups is 2. The lowest BCUT2D eigenvalue weighted by atomic mass is 10.0. The Balaban J connectivity index is 2.44. The smallest absolute Gasteiger partial charge is 0.196 e. The van der Waals surface area contributed by atoms with Gasteiger partial charge in [0.05, 0.1) is 5.56 Å². The van der Waals surface area contributed by atoms with Gasteiger partial charge < -0.3 is 10.2 Å². The number of aryl methyl sites for hydroxylation is 1. The Labute approximate surface area is 99.0 Å². The van der Waals surface area contributed by atoms with Gasteiger partial charge in [0.2, 0.25) is 0 Å². The average molecular weight is 228 g/mol. The van der Waals surface area contributed by atoms with Crippen LogP contribution in [0, 0.1) is 6.92 Å². The molecule has 0 aliphatic heterocycles. The summed E-state index contributed by atoms with van der Waals surface area (Å²) in [6, 6.07) is 11.1. The molecule has 2 N–H and O–H groups in total. The van der Waals surface area contributed by atoms with Gasteiger partial charge in [0.1, 0.15) is 11.5 Å². The van der Waals surface area contributed by atoms with E-state index in [2.05, 4.69) is 0 Å². The molecule has 17 heavy (non-hydrogen) atoms. The summed E-state index contributed by atoms with van der Waals surface area (Å²) in [7, 11) is 0. The van der Waals surface area contributed by atoms with Crippen molar-refractivity contribution in [1.82, 2.24) is 0 Å². The van der Waals surface area contributed by atoms with E-state index in [4.69, 9.17) is 5.11 Å². The first-order valence-corrected chi connectivity index (χ1v) is 5.21. The topological polar surface area (TPSA) is 57.5 Å². The van der Waals surface area contributed by atoms with Gasteiger partial charge in [-0.2, -0.15) is 0 Å².